The molecule has 1 N–H and O–H groups in total. The quantitative estimate of drug-likeness (QED) is 0.777. The average molecular weight is 337 g/mol. The van der Waals surface area contributed by atoms with Crippen LogP contribution in [0.5, 0.6) is 0 Å². The van der Waals surface area contributed by atoms with Crippen LogP contribution in [0.2, 0.25) is 0 Å². The molecule has 3 aromatic rings. The fraction of sp³-hybridized carbons (Fsp3) is 0.333. The Balaban J connectivity index is 1.61. The molecule has 1 aliphatic heterocycles. The normalized spacial score (nSPS) is 16.3. The Bertz CT molecular complexity index is 897. The van der Waals surface area contributed by atoms with Crippen molar-refractivity contribution < 1.29 is 9.21 Å². The Morgan fingerprint density at radius 2 is 2.04 bits per heavy atom. The van der Waals surface area contributed by atoms with Crippen molar-refractivity contribution in [2.24, 2.45) is 5.41 Å². The van der Waals surface area contributed by atoms with E-state index in [4.69, 9.17) is 4.42 Å². The highest BCUT2D eigenvalue weighted by atomic mass is 16.4. The van der Waals surface area contributed by atoms with Gasteiger partial charge in [-0.2, -0.15) is 5.10 Å². The fourth-order valence-electron chi connectivity index (χ4n) is 3.23. The first kappa shape index (κ1) is 15.6. The van der Waals surface area contributed by atoms with Crippen LogP contribution in [0.25, 0.3) is 11.5 Å². The van der Waals surface area contributed by atoms with Gasteiger partial charge in [-0.15, -0.1) is 10.2 Å². The number of H-pyrrole nitrogens is 1. The zero-order valence-corrected chi connectivity index (χ0v) is 14.2. The van der Waals surface area contributed by atoms with Gasteiger partial charge in [-0.05, 0) is 24.0 Å². The summed E-state index contributed by atoms with van der Waals surface area (Å²) < 4.78 is 5.63. The molecule has 128 valence electrons. The number of benzene rings is 1. The lowest BCUT2D eigenvalue weighted by atomic mass is 9.88. The molecule has 0 saturated heterocycles. The van der Waals surface area contributed by atoms with Crippen LogP contribution in [-0.4, -0.2) is 37.7 Å². The van der Waals surface area contributed by atoms with Crippen molar-refractivity contribution in [3.05, 3.63) is 53.7 Å². The zero-order valence-electron chi connectivity index (χ0n) is 14.2. The van der Waals surface area contributed by atoms with E-state index >= 15 is 0 Å². The minimum Gasteiger partial charge on any atom is -0.412 e. The zero-order chi connectivity index (χ0) is 17.4. The number of aromatic nitrogens is 4. The molecule has 3 heterocycles. The number of carbonyl (C=O) groups excluding carboxylic acids is 1. The lowest BCUT2D eigenvalue weighted by Crippen LogP contribution is -2.37. The number of aromatic amines is 1. The number of nitrogens with one attached hydrogen (secondary N) is 1. The molecule has 7 heteroatoms. The summed E-state index contributed by atoms with van der Waals surface area (Å²) >= 11 is 0. The van der Waals surface area contributed by atoms with E-state index in [-0.39, 0.29) is 17.2 Å². The van der Waals surface area contributed by atoms with E-state index in [0.717, 1.165) is 23.2 Å². The first-order valence-electron chi connectivity index (χ1n) is 8.21. The fourth-order valence-corrected chi connectivity index (χ4v) is 3.23. The van der Waals surface area contributed by atoms with Crippen LogP contribution < -0.4 is 0 Å². The van der Waals surface area contributed by atoms with Crippen molar-refractivity contribution in [3.8, 4) is 11.5 Å². The van der Waals surface area contributed by atoms with Crippen LogP contribution in [0.15, 0.2) is 40.9 Å². The second-order valence-corrected chi connectivity index (χ2v) is 7.15. The predicted octanol–water partition coefficient (Wildman–Crippen LogP) is 2.68. The molecule has 7 nitrogen and oxygen atoms in total. The van der Waals surface area contributed by atoms with Crippen LogP contribution in [0.3, 0.4) is 0 Å². The smallest absolute Gasteiger partial charge is 0.311 e. The number of hydrogen-bond donors (Lipinski definition) is 1. The molecule has 0 atom stereocenters. The van der Waals surface area contributed by atoms with Gasteiger partial charge in [0, 0.05) is 29.9 Å². The highest BCUT2D eigenvalue weighted by molar-refractivity contribution is 5.89. The minimum atomic E-state index is -0.253. The largest absolute Gasteiger partial charge is 0.412 e. The van der Waals surface area contributed by atoms with E-state index in [9.17, 15) is 4.79 Å². The van der Waals surface area contributed by atoms with E-state index in [2.05, 4.69) is 34.2 Å². The van der Waals surface area contributed by atoms with Crippen LogP contribution in [0, 0.1) is 5.41 Å². The van der Waals surface area contributed by atoms with Crippen molar-refractivity contribution in [1.29, 1.82) is 0 Å². The average Bonchev–Trinajstić information content (AvgIpc) is 3.22. The molecule has 25 heavy (non-hydrogen) atoms. The number of nitrogens with zero attached hydrogens (tertiary/aromatic N) is 4. The molecule has 1 aliphatic rings. The summed E-state index contributed by atoms with van der Waals surface area (Å²) in [6, 6.07) is 9.43. The number of carbonyl (C=O) groups is 1. The van der Waals surface area contributed by atoms with Gasteiger partial charge in [0.2, 0.25) is 5.89 Å². The van der Waals surface area contributed by atoms with Crippen molar-refractivity contribution in [2.75, 3.05) is 6.54 Å². The molecule has 1 amide bonds. The van der Waals surface area contributed by atoms with Gasteiger partial charge >= 0.3 is 11.8 Å². The molecular formula is C18H19N5O2. The first-order valence-corrected chi connectivity index (χ1v) is 8.21. The molecule has 0 unspecified atom stereocenters. The van der Waals surface area contributed by atoms with Gasteiger partial charge in [-0.3, -0.25) is 9.89 Å². The molecule has 0 fully saturated rings. The number of hydrogen-bond acceptors (Lipinski definition) is 5. The van der Waals surface area contributed by atoms with Gasteiger partial charge in [0.15, 0.2) is 0 Å². The summed E-state index contributed by atoms with van der Waals surface area (Å²) in [5, 5.41) is 15.1. The number of rotatable bonds is 2. The molecule has 0 radical (unpaired) electrons. The third-order valence-corrected chi connectivity index (χ3v) is 4.36. The molecule has 4 rings (SSSR count). The molecule has 1 aromatic carbocycles. The van der Waals surface area contributed by atoms with Crippen LogP contribution in [-0.2, 0) is 13.0 Å². The van der Waals surface area contributed by atoms with Crippen molar-refractivity contribution in [3.63, 3.8) is 0 Å². The van der Waals surface area contributed by atoms with Crippen LogP contribution in [0.4, 0.5) is 0 Å². The summed E-state index contributed by atoms with van der Waals surface area (Å²) in [5.74, 6) is 0.112. The highest BCUT2D eigenvalue weighted by Crippen LogP contribution is 2.30. The lowest BCUT2D eigenvalue weighted by Gasteiger charge is -2.28. The Kier molecular flexibility index (Phi) is 3.63. The van der Waals surface area contributed by atoms with E-state index in [1.54, 1.807) is 11.1 Å². The SMILES string of the molecule is CC1(C)Cc2[nH]ncc2CN(C(=O)c2nnc(-c3ccccc3)o2)C1. The second kappa shape index (κ2) is 5.84. The van der Waals surface area contributed by atoms with Crippen LogP contribution >= 0.6 is 0 Å². The van der Waals surface area contributed by atoms with Crippen molar-refractivity contribution in [1.82, 2.24) is 25.3 Å². The maximum atomic E-state index is 12.9. The first-order chi connectivity index (χ1) is 12.0. The summed E-state index contributed by atoms with van der Waals surface area (Å²) in [6.07, 6.45) is 2.62. The summed E-state index contributed by atoms with van der Waals surface area (Å²) in [7, 11) is 0. The summed E-state index contributed by atoms with van der Waals surface area (Å²) in [5.41, 5.74) is 2.83. The third kappa shape index (κ3) is 3.05. The third-order valence-electron chi connectivity index (χ3n) is 4.36. The lowest BCUT2D eigenvalue weighted by molar-refractivity contribution is 0.0641. The molecular weight excluding hydrogens is 318 g/mol. The van der Waals surface area contributed by atoms with E-state index < -0.39 is 0 Å². The van der Waals surface area contributed by atoms with Gasteiger partial charge in [0.1, 0.15) is 0 Å². The van der Waals surface area contributed by atoms with Gasteiger partial charge < -0.3 is 9.32 Å². The molecule has 0 saturated carbocycles. The van der Waals surface area contributed by atoms with Crippen molar-refractivity contribution in [2.45, 2.75) is 26.8 Å². The number of amides is 1. The predicted molar refractivity (Wildman–Crippen MR) is 90.5 cm³/mol. The van der Waals surface area contributed by atoms with Gasteiger partial charge in [-0.1, -0.05) is 32.0 Å². The number of fused-ring (bicyclic) bond motifs is 1. The van der Waals surface area contributed by atoms with Gasteiger partial charge in [-0.25, -0.2) is 0 Å². The Morgan fingerprint density at radius 3 is 2.84 bits per heavy atom. The van der Waals surface area contributed by atoms with Gasteiger partial charge in [0.25, 0.3) is 0 Å². The van der Waals surface area contributed by atoms with Gasteiger partial charge in [0.05, 0.1) is 6.20 Å². The maximum Gasteiger partial charge on any atom is 0.311 e. The molecule has 2 aromatic heterocycles. The minimum absolute atomic E-state index is 0.0154. The van der Waals surface area contributed by atoms with Crippen molar-refractivity contribution >= 4 is 5.91 Å². The van der Waals surface area contributed by atoms with Crippen LogP contribution in [0.1, 0.15) is 35.8 Å². The Morgan fingerprint density at radius 1 is 1.24 bits per heavy atom. The topological polar surface area (TPSA) is 87.9 Å². The summed E-state index contributed by atoms with van der Waals surface area (Å²) in [6.45, 7) is 5.35. The molecule has 0 bridgehead atoms. The second-order valence-electron chi connectivity index (χ2n) is 7.15. The van der Waals surface area contributed by atoms with E-state index in [1.165, 1.54) is 0 Å². The Labute approximate surface area is 145 Å². The Hall–Kier alpha value is -2.96. The maximum absolute atomic E-state index is 12.9. The highest BCUT2D eigenvalue weighted by Gasteiger charge is 2.33. The summed E-state index contributed by atoms with van der Waals surface area (Å²) in [4.78, 5) is 14.7. The molecule has 0 aliphatic carbocycles. The standard InChI is InChI=1S/C18H19N5O2/c1-18(2)8-14-13(9-19-20-14)10-23(11-18)17(24)16-22-21-15(25-16)12-6-4-3-5-7-12/h3-7,9H,8,10-11H2,1-2H3,(H,19,20). The monoisotopic (exact) mass is 337 g/mol. The van der Waals surface area contributed by atoms with E-state index in [1.807, 2.05) is 30.3 Å². The molecule has 0 spiro atoms. The van der Waals surface area contributed by atoms with E-state index in [0.29, 0.717) is 19.0 Å².